The van der Waals surface area contributed by atoms with E-state index in [0.29, 0.717) is 4.47 Å². The Kier molecular flexibility index (Phi) is 5.73. The maximum absolute atomic E-state index is 13.4. The first kappa shape index (κ1) is 14.6. The monoisotopic (exact) mass is 319 g/mol. The van der Waals surface area contributed by atoms with E-state index in [1.165, 1.54) is 12.1 Å². The Balaban J connectivity index is 2.39. The van der Waals surface area contributed by atoms with Crippen molar-refractivity contribution in [2.75, 3.05) is 19.8 Å². The number of amides is 1. The zero-order valence-electron chi connectivity index (χ0n) is 9.28. The van der Waals surface area contributed by atoms with Crippen molar-refractivity contribution in [1.29, 1.82) is 0 Å². The largest absolute Gasteiger partial charge is 0.480 e. The highest BCUT2D eigenvalue weighted by atomic mass is 79.9. The number of carbonyl (C=O) groups excluding carboxylic acids is 1. The number of benzene rings is 1. The van der Waals surface area contributed by atoms with Gasteiger partial charge in [-0.3, -0.25) is 4.79 Å². The summed E-state index contributed by atoms with van der Waals surface area (Å²) in [5.41, 5.74) is -0.0727. The number of carboxylic acid groups (broad SMARTS) is 1. The Morgan fingerprint density at radius 3 is 2.78 bits per heavy atom. The molecule has 0 heterocycles. The molecular formula is C11H11BrFNO4. The third kappa shape index (κ3) is 4.80. The Hall–Kier alpha value is -1.47. The Labute approximate surface area is 111 Å². The van der Waals surface area contributed by atoms with Crippen LogP contribution in [0, 0.1) is 5.82 Å². The first-order valence-electron chi connectivity index (χ1n) is 5.03. The minimum atomic E-state index is -1.08. The number of rotatable bonds is 6. The highest BCUT2D eigenvalue weighted by molar-refractivity contribution is 9.10. The number of hydrogen-bond donors (Lipinski definition) is 2. The normalized spacial score (nSPS) is 10.1. The molecule has 0 aliphatic carbocycles. The molecule has 18 heavy (non-hydrogen) atoms. The fraction of sp³-hybridized carbons (Fsp3) is 0.273. The molecule has 0 unspecified atom stereocenters. The second kappa shape index (κ2) is 7.07. The maximum atomic E-state index is 13.4. The highest BCUT2D eigenvalue weighted by Gasteiger charge is 2.11. The summed E-state index contributed by atoms with van der Waals surface area (Å²) in [4.78, 5) is 21.7. The van der Waals surface area contributed by atoms with Crippen LogP contribution in [0.2, 0.25) is 0 Å². The predicted octanol–water partition coefficient (Wildman–Crippen LogP) is 1.42. The lowest BCUT2D eigenvalue weighted by molar-refractivity contribution is -0.142. The van der Waals surface area contributed by atoms with Gasteiger partial charge >= 0.3 is 5.97 Å². The summed E-state index contributed by atoms with van der Waals surface area (Å²) in [6, 6.07) is 4.10. The number of hydrogen-bond acceptors (Lipinski definition) is 3. The average Bonchev–Trinajstić information content (AvgIpc) is 2.27. The van der Waals surface area contributed by atoms with Gasteiger partial charge in [0, 0.05) is 11.0 Å². The summed E-state index contributed by atoms with van der Waals surface area (Å²) in [7, 11) is 0. The molecule has 1 rings (SSSR count). The van der Waals surface area contributed by atoms with Crippen molar-refractivity contribution < 1.29 is 23.8 Å². The molecule has 0 saturated carbocycles. The fourth-order valence-corrected chi connectivity index (χ4v) is 1.50. The molecule has 0 aliphatic rings. The van der Waals surface area contributed by atoms with E-state index in [-0.39, 0.29) is 18.7 Å². The lowest BCUT2D eigenvalue weighted by atomic mass is 10.2. The third-order valence-electron chi connectivity index (χ3n) is 1.93. The van der Waals surface area contributed by atoms with Gasteiger partial charge in [0.1, 0.15) is 12.4 Å². The first-order valence-corrected chi connectivity index (χ1v) is 5.83. The standard InChI is InChI=1S/C11H11BrFNO4/c12-7-1-2-8(9(13)5-7)11(17)14-3-4-18-6-10(15)16/h1-2,5H,3-4,6H2,(H,14,17)(H,15,16). The molecule has 0 atom stereocenters. The van der Waals surface area contributed by atoms with Gasteiger partial charge in [0.05, 0.1) is 12.2 Å². The summed E-state index contributed by atoms with van der Waals surface area (Å²) in [6.07, 6.45) is 0. The van der Waals surface area contributed by atoms with Crippen molar-refractivity contribution in [3.63, 3.8) is 0 Å². The molecule has 0 radical (unpaired) electrons. The molecule has 1 amide bonds. The Morgan fingerprint density at radius 1 is 1.44 bits per heavy atom. The molecule has 1 aromatic rings. The number of aliphatic carboxylic acids is 1. The van der Waals surface area contributed by atoms with Crippen LogP contribution in [0.15, 0.2) is 22.7 Å². The van der Waals surface area contributed by atoms with Gasteiger partial charge in [0.25, 0.3) is 5.91 Å². The second-order valence-electron chi connectivity index (χ2n) is 3.33. The van der Waals surface area contributed by atoms with Crippen molar-refractivity contribution in [3.8, 4) is 0 Å². The van der Waals surface area contributed by atoms with Crippen LogP contribution < -0.4 is 5.32 Å². The lowest BCUT2D eigenvalue weighted by Crippen LogP contribution is -2.28. The summed E-state index contributed by atoms with van der Waals surface area (Å²) >= 11 is 3.08. The zero-order chi connectivity index (χ0) is 13.5. The molecule has 0 spiro atoms. The number of nitrogens with one attached hydrogen (secondary N) is 1. The van der Waals surface area contributed by atoms with Gasteiger partial charge < -0.3 is 15.2 Å². The van der Waals surface area contributed by atoms with E-state index in [0.717, 1.165) is 0 Å². The van der Waals surface area contributed by atoms with Crippen LogP contribution in [0.4, 0.5) is 4.39 Å². The van der Waals surface area contributed by atoms with Crippen molar-refractivity contribution in [3.05, 3.63) is 34.1 Å². The van der Waals surface area contributed by atoms with Crippen molar-refractivity contribution in [2.45, 2.75) is 0 Å². The predicted molar refractivity (Wildman–Crippen MR) is 64.9 cm³/mol. The molecule has 98 valence electrons. The summed E-state index contributed by atoms with van der Waals surface area (Å²) in [5, 5.41) is 10.7. The van der Waals surface area contributed by atoms with Crippen LogP contribution in [-0.4, -0.2) is 36.7 Å². The minimum absolute atomic E-state index is 0.0518. The van der Waals surface area contributed by atoms with Crippen LogP contribution in [0.1, 0.15) is 10.4 Å². The maximum Gasteiger partial charge on any atom is 0.329 e. The molecule has 5 nitrogen and oxygen atoms in total. The smallest absolute Gasteiger partial charge is 0.329 e. The van der Waals surface area contributed by atoms with Crippen LogP contribution >= 0.6 is 15.9 Å². The first-order chi connectivity index (χ1) is 8.50. The van der Waals surface area contributed by atoms with E-state index in [1.807, 2.05) is 0 Å². The van der Waals surface area contributed by atoms with Crippen molar-refractivity contribution in [2.24, 2.45) is 0 Å². The van der Waals surface area contributed by atoms with Crippen LogP contribution in [0.3, 0.4) is 0 Å². The number of ether oxygens (including phenoxy) is 1. The molecule has 0 saturated heterocycles. The summed E-state index contributed by atoms with van der Waals surface area (Å²) < 4.78 is 18.6. The van der Waals surface area contributed by atoms with E-state index >= 15 is 0 Å². The van der Waals surface area contributed by atoms with E-state index < -0.39 is 24.3 Å². The number of carbonyl (C=O) groups is 2. The Bertz CT molecular complexity index is 453. The molecule has 1 aromatic carbocycles. The van der Waals surface area contributed by atoms with E-state index in [9.17, 15) is 14.0 Å². The van der Waals surface area contributed by atoms with Gasteiger partial charge in [-0.25, -0.2) is 9.18 Å². The minimum Gasteiger partial charge on any atom is -0.480 e. The molecule has 0 bridgehead atoms. The van der Waals surface area contributed by atoms with E-state index in [4.69, 9.17) is 9.84 Å². The van der Waals surface area contributed by atoms with Crippen LogP contribution in [-0.2, 0) is 9.53 Å². The molecule has 2 N–H and O–H groups in total. The van der Waals surface area contributed by atoms with Gasteiger partial charge in [-0.2, -0.15) is 0 Å². The number of halogens is 2. The summed E-state index contributed by atoms with van der Waals surface area (Å²) in [6.45, 7) is -0.264. The van der Waals surface area contributed by atoms with Gasteiger partial charge in [0.15, 0.2) is 0 Å². The lowest BCUT2D eigenvalue weighted by Gasteiger charge is -2.06. The number of carboxylic acids is 1. The highest BCUT2D eigenvalue weighted by Crippen LogP contribution is 2.14. The molecule has 0 fully saturated rings. The zero-order valence-corrected chi connectivity index (χ0v) is 10.9. The van der Waals surface area contributed by atoms with Crippen molar-refractivity contribution in [1.82, 2.24) is 5.32 Å². The van der Waals surface area contributed by atoms with Crippen LogP contribution in [0.5, 0.6) is 0 Å². The summed E-state index contributed by atoms with van der Waals surface area (Å²) in [5.74, 6) is -2.28. The van der Waals surface area contributed by atoms with E-state index in [1.54, 1.807) is 6.07 Å². The van der Waals surface area contributed by atoms with Gasteiger partial charge in [0.2, 0.25) is 0 Å². The average molecular weight is 320 g/mol. The van der Waals surface area contributed by atoms with Crippen molar-refractivity contribution >= 4 is 27.8 Å². The van der Waals surface area contributed by atoms with Gasteiger partial charge in [-0.15, -0.1) is 0 Å². The fourth-order valence-electron chi connectivity index (χ4n) is 1.17. The molecular weight excluding hydrogens is 309 g/mol. The van der Waals surface area contributed by atoms with Crippen LogP contribution in [0.25, 0.3) is 0 Å². The molecule has 0 aliphatic heterocycles. The van der Waals surface area contributed by atoms with E-state index in [2.05, 4.69) is 21.2 Å². The second-order valence-corrected chi connectivity index (χ2v) is 4.24. The quantitative estimate of drug-likeness (QED) is 0.777. The van der Waals surface area contributed by atoms with Gasteiger partial charge in [-0.05, 0) is 18.2 Å². The molecule has 0 aromatic heterocycles. The SMILES string of the molecule is O=C(O)COCCNC(=O)c1ccc(Br)cc1F. The molecule has 7 heteroatoms. The van der Waals surface area contributed by atoms with Gasteiger partial charge in [-0.1, -0.05) is 15.9 Å². The third-order valence-corrected chi connectivity index (χ3v) is 2.43. The Morgan fingerprint density at radius 2 is 2.17 bits per heavy atom. The topological polar surface area (TPSA) is 75.6 Å².